The number of nitriles is 1. The summed E-state index contributed by atoms with van der Waals surface area (Å²) in [6, 6.07) is 44.7. The molecule has 0 fully saturated rings. The molecular weight excluding hydrogens is 548 g/mol. The Hall–Kier alpha value is -6.10. The third-order valence-electron chi connectivity index (χ3n) is 9.71. The van der Waals surface area contributed by atoms with Crippen molar-refractivity contribution in [1.82, 2.24) is 9.13 Å². The van der Waals surface area contributed by atoms with Crippen LogP contribution in [0.15, 0.2) is 121 Å². The highest BCUT2D eigenvalue weighted by Crippen LogP contribution is 2.54. The van der Waals surface area contributed by atoms with Crippen LogP contribution in [0, 0.1) is 17.9 Å². The highest BCUT2D eigenvalue weighted by atomic mass is 15.0. The Balaban J connectivity index is 1.33. The fraction of sp³-hybridized carbons (Fsp3) is 0.0732. The van der Waals surface area contributed by atoms with E-state index in [9.17, 15) is 5.26 Å². The topological polar surface area (TPSA) is 38.0 Å². The molecule has 0 bridgehead atoms. The summed E-state index contributed by atoms with van der Waals surface area (Å²) in [6.45, 7) is 12.2. The third-order valence-corrected chi connectivity index (χ3v) is 9.71. The lowest BCUT2D eigenvalue weighted by atomic mass is 9.80. The molecule has 0 amide bonds. The van der Waals surface area contributed by atoms with Gasteiger partial charge in [-0.15, -0.1) is 0 Å². The number of fused-ring (bicyclic) bond motifs is 10. The summed E-state index contributed by atoms with van der Waals surface area (Å²) in [5, 5.41) is 14.3. The maximum atomic E-state index is 9.60. The van der Waals surface area contributed by atoms with Crippen LogP contribution in [0.3, 0.4) is 0 Å². The Bertz CT molecular complexity index is 2650. The van der Waals surface area contributed by atoms with E-state index in [-0.39, 0.29) is 5.41 Å². The van der Waals surface area contributed by atoms with E-state index in [0.717, 1.165) is 44.3 Å². The Kier molecular flexibility index (Phi) is 5.06. The van der Waals surface area contributed by atoms with Crippen molar-refractivity contribution in [3.63, 3.8) is 0 Å². The molecular formula is C41H26N4. The minimum Gasteiger partial charge on any atom is -0.309 e. The molecule has 210 valence electrons. The van der Waals surface area contributed by atoms with Gasteiger partial charge in [-0.2, -0.15) is 5.26 Å². The Morgan fingerprint density at radius 2 is 1.29 bits per heavy atom. The van der Waals surface area contributed by atoms with Crippen molar-refractivity contribution in [3.8, 4) is 28.6 Å². The average molecular weight is 575 g/mol. The van der Waals surface area contributed by atoms with Crippen LogP contribution < -0.4 is 0 Å². The molecule has 1 aliphatic rings. The molecule has 4 nitrogen and oxygen atoms in total. The monoisotopic (exact) mass is 574 g/mol. The van der Waals surface area contributed by atoms with Crippen LogP contribution in [-0.4, -0.2) is 9.13 Å². The van der Waals surface area contributed by atoms with Gasteiger partial charge in [-0.05, 0) is 82.9 Å². The first-order valence-electron chi connectivity index (χ1n) is 15.1. The summed E-state index contributed by atoms with van der Waals surface area (Å²) < 4.78 is 4.69. The van der Waals surface area contributed by atoms with Gasteiger partial charge >= 0.3 is 0 Å². The number of aromatic nitrogens is 2. The van der Waals surface area contributed by atoms with Crippen LogP contribution in [0.2, 0.25) is 0 Å². The van der Waals surface area contributed by atoms with Crippen LogP contribution in [0.4, 0.5) is 5.69 Å². The van der Waals surface area contributed by atoms with Crippen LogP contribution in [0.5, 0.6) is 0 Å². The molecule has 0 N–H and O–H groups in total. The maximum Gasteiger partial charge on any atom is 0.187 e. The van der Waals surface area contributed by atoms with Gasteiger partial charge in [0.2, 0.25) is 0 Å². The molecule has 0 atom stereocenters. The number of nitrogens with zero attached hydrogens (tertiary/aromatic N) is 4. The molecule has 0 spiro atoms. The highest BCUT2D eigenvalue weighted by Gasteiger charge is 2.38. The van der Waals surface area contributed by atoms with E-state index >= 15 is 0 Å². The summed E-state index contributed by atoms with van der Waals surface area (Å²) >= 11 is 0. The van der Waals surface area contributed by atoms with Crippen molar-refractivity contribution in [3.05, 3.63) is 149 Å². The Morgan fingerprint density at radius 1 is 0.622 bits per heavy atom. The molecule has 8 aromatic rings. The standard InChI is InChI=1S/C41H26N4/c1-41(2)34-18-16-26(43-3)22-32(34)30-17-20-38-39(40(30)41)31-12-5-7-14-36(31)45(38)28-10-8-9-27(23-28)44-35-13-6-4-11-29(35)33-21-25(24-42)15-19-37(33)44/h4-23H,1-2H3. The minimum atomic E-state index is -0.215. The van der Waals surface area contributed by atoms with Crippen molar-refractivity contribution < 1.29 is 0 Å². The molecule has 2 aromatic heterocycles. The average Bonchev–Trinajstić information content (AvgIpc) is 3.67. The lowest BCUT2D eigenvalue weighted by Crippen LogP contribution is -2.15. The van der Waals surface area contributed by atoms with Gasteiger partial charge in [0.1, 0.15) is 0 Å². The molecule has 0 saturated heterocycles. The molecule has 9 rings (SSSR count). The van der Waals surface area contributed by atoms with Crippen molar-refractivity contribution >= 4 is 49.3 Å². The van der Waals surface area contributed by atoms with E-state index in [4.69, 9.17) is 6.57 Å². The number of rotatable bonds is 2. The van der Waals surface area contributed by atoms with E-state index in [2.05, 4.69) is 137 Å². The largest absolute Gasteiger partial charge is 0.309 e. The smallest absolute Gasteiger partial charge is 0.187 e. The number of benzene rings is 6. The van der Waals surface area contributed by atoms with Gasteiger partial charge in [-0.25, -0.2) is 4.85 Å². The van der Waals surface area contributed by atoms with Crippen LogP contribution in [-0.2, 0) is 5.41 Å². The third kappa shape index (κ3) is 3.34. The SMILES string of the molecule is [C-]#[N+]c1ccc2c(c1)-c1ccc3c(c1C2(C)C)c1ccccc1n3-c1cccc(-n2c3ccccc3c3cc(C#N)ccc32)c1. The molecule has 1 aliphatic carbocycles. The van der Waals surface area contributed by atoms with Gasteiger partial charge in [0.15, 0.2) is 5.69 Å². The second-order valence-electron chi connectivity index (χ2n) is 12.4. The number of para-hydroxylation sites is 2. The highest BCUT2D eigenvalue weighted by molar-refractivity contribution is 6.14. The second kappa shape index (κ2) is 8.96. The van der Waals surface area contributed by atoms with E-state index in [1.54, 1.807) is 0 Å². The van der Waals surface area contributed by atoms with Gasteiger partial charge in [0.25, 0.3) is 0 Å². The molecule has 2 heterocycles. The van der Waals surface area contributed by atoms with Crippen LogP contribution in [0.1, 0.15) is 30.5 Å². The first kappa shape index (κ1) is 25.4. The van der Waals surface area contributed by atoms with Crippen LogP contribution >= 0.6 is 0 Å². The summed E-state index contributed by atoms with van der Waals surface area (Å²) in [5.74, 6) is 0. The van der Waals surface area contributed by atoms with Gasteiger partial charge in [-0.1, -0.05) is 74.5 Å². The van der Waals surface area contributed by atoms with Gasteiger partial charge in [0.05, 0.1) is 40.3 Å². The maximum absolute atomic E-state index is 9.60. The minimum absolute atomic E-state index is 0.215. The Labute approximate surface area is 260 Å². The predicted octanol–water partition coefficient (Wildman–Crippen LogP) is 10.6. The summed E-state index contributed by atoms with van der Waals surface area (Å²) in [4.78, 5) is 3.73. The first-order valence-corrected chi connectivity index (χ1v) is 15.1. The van der Waals surface area contributed by atoms with E-state index in [1.165, 1.54) is 33.0 Å². The first-order chi connectivity index (χ1) is 22.0. The lowest BCUT2D eigenvalue weighted by molar-refractivity contribution is 0.666. The lowest BCUT2D eigenvalue weighted by Gasteiger charge is -2.22. The normalized spacial score (nSPS) is 13.2. The van der Waals surface area contributed by atoms with Crippen molar-refractivity contribution in [2.45, 2.75) is 19.3 Å². The molecule has 0 unspecified atom stereocenters. The fourth-order valence-electron chi connectivity index (χ4n) is 7.81. The number of hydrogen-bond donors (Lipinski definition) is 0. The summed E-state index contributed by atoms with van der Waals surface area (Å²) in [7, 11) is 0. The summed E-state index contributed by atoms with van der Waals surface area (Å²) in [6.07, 6.45) is 0. The Morgan fingerprint density at radius 3 is 2.04 bits per heavy atom. The van der Waals surface area contributed by atoms with Gasteiger partial charge < -0.3 is 9.13 Å². The molecule has 6 aromatic carbocycles. The quantitative estimate of drug-likeness (QED) is 0.189. The molecule has 0 radical (unpaired) electrons. The zero-order valence-electron chi connectivity index (χ0n) is 24.8. The van der Waals surface area contributed by atoms with E-state index < -0.39 is 0 Å². The molecule has 45 heavy (non-hydrogen) atoms. The zero-order valence-corrected chi connectivity index (χ0v) is 24.8. The molecule has 0 aliphatic heterocycles. The van der Waals surface area contributed by atoms with E-state index in [1.807, 2.05) is 18.2 Å². The predicted molar refractivity (Wildman–Crippen MR) is 184 cm³/mol. The second-order valence-corrected chi connectivity index (χ2v) is 12.4. The van der Waals surface area contributed by atoms with Crippen molar-refractivity contribution in [2.75, 3.05) is 0 Å². The summed E-state index contributed by atoms with van der Waals surface area (Å²) in [5.41, 5.74) is 12.7. The van der Waals surface area contributed by atoms with Gasteiger partial charge in [0, 0.05) is 38.3 Å². The van der Waals surface area contributed by atoms with Gasteiger partial charge in [-0.3, -0.25) is 0 Å². The molecule has 0 saturated carbocycles. The van der Waals surface area contributed by atoms with E-state index in [0.29, 0.717) is 11.3 Å². The van der Waals surface area contributed by atoms with Crippen LogP contribution in [0.25, 0.3) is 71.0 Å². The van der Waals surface area contributed by atoms with Crippen molar-refractivity contribution in [1.29, 1.82) is 5.26 Å². The number of hydrogen-bond acceptors (Lipinski definition) is 1. The fourth-order valence-corrected chi connectivity index (χ4v) is 7.81. The molecule has 4 heteroatoms. The zero-order chi connectivity index (χ0) is 30.4. The van der Waals surface area contributed by atoms with Crippen molar-refractivity contribution in [2.24, 2.45) is 0 Å².